The van der Waals surface area contributed by atoms with Gasteiger partial charge in [0.25, 0.3) is 0 Å². The van der Waals surface area contributed by atoms with E-state index in [0.29, 0.717) is 11.4 Å². The van der Waals surface area contributed by atoms with Gasteiger partial charge in [0.05, 0.1) is 19.4 Å². The third-order valence-corrected chi connectivity index (χ3v) is 3.34. The fraction of sp³-hybridized carbons (Fsp3) is 0.385. The van der Waals surface area contributed by atoms with Crippen molar-refractivity contribution >= 4 is 23.3 Å². The first-order valence-electron chi connectivity index (χ1n) is 6.28. The summed E-state index contributed by atoms with van der Waals surface area (Å²) in [6.07, 6.45) is -0.280. The molecular formula is C13H16N2O5. The normalized spacial score (nSPS) is 20.8. The molecule has 2 rings (SSSR count). The monoisotopic (exact) mass is 280 g/mol. The van der Waals surface area contributed by atoms with Crippen molar-refractivity contribution < 1.29 is 19.8 Å². The average molecular weight is 280 g/mol. The lowest BCUT2D eigenvalue weighted by atomic mass is 10.2. The highest BCUT2D eigenvalue weighted by molar-refractivity contribution is 5.76. The van der Waals surface area contributed by atoms with Gasteiger partial charge in [-0.1, -0.05) is 12.1 Å². The number of fused-ring (bicyclic) bond motifs is 1. The third kappa shape index (κ3) is 2.89. The molecule has 1 unspecified atom stereocenters. The van der Waals surface area contributed by atoms with Crippen molar-refractivity contribution in [2.75, 3.05) is 24.7 Å². The van der Waals surface area contributed by atoms with Crippen LogP contribution in [0.2, 0.25) is 0 Å². The van der Waals surface area contributed by atoms with Crippen molar-refractivity contribution in [3.05, 3.63) is 29.5 Å². The lowest BCUT2D eigenvalue weighted by molar-refractivity contribution is -0.137. The van der Waals surface area contributed by atoms with E-state index in [1.165, 1.54) is 0 Å². The lowest BCUT2D eigenvalue weighted by Crippen LogP contribution is -2.47. The minimum absolute atomic E-state index is 0.0555. The van der Waals surface area contributed by atoms with E-state index in [0.717, 1.165) is 0 Å². The van der Waals surface area contributed by atoms with Gasteiger partial charge in [-0.05, 0) is 6.07 Å². The molecular weight excluding hydrogens is 264 g/mol. The van der Waals surface area contributed by atoms with Gasteiger partial charge in [-0.2, -0.15) is 0 Å². The van der Waals surface area contributed by atoms with E-state index in [4.69, 9.17) is 10.2 Å². The molecule has 0 bridgehead atoms. The van der Waals surface area contributed by atoms with Crippen LogP contribution in [0.4, 0.5) is 11.4 Å². The zero-order valence-electron chi connectivity index (χ0n) is 10.9. The Morgan fingerprint density at radius 3 is 2.50 bits per heavy atom. The summed E-state index contributed by atoms with van der Waals surface area (Å²) in [6, 6.07) is 6.94. The summed E-state index contributed by atoms with van der Waals surface area (Å²) in [7, 11) is 0. The molecule has 1 heterocycles. The molecule has 1 aromatic carbocycles. The second-order valence-corrected chi connectivity index (χ2v) is 4.79. The Balaban J connectivity index is 2.21. The Hall–Kier alpha value is -2.12. The first-order valence-corrected chi connectivity index (χ1v) is 6.28. The summed E-state index contributed by atoms with van der Waals surface area (Å²) in [5.41, 5.74) is 1.19. The quantitative estimate of drug-likeness (QED) is 0.600. The number of carbonyl (C=O) groups is 2. The molecule has 108 valence electrons. The molecule has 0 radical (unpaired) electrons. The highest BCUT2D eigenvalue weighted by atomic mass is 16.6. The highest BCUT2D eigenvalue weighted by Crippen LogP contribution is 2.40. The fourth-order valence-corrected chi connectivity index (χ4v) is 2.39. The van der Waals surface area contributed by atoms with E-state index in [-0.39, 0.29) is 32.6 Å². The number of hydrogen-bond donors (Lipinski definition) is 2. The van der Waals surface area contributed by atoms with Crippen molar-refractivity contribution in [1.82, 2.24) is 4.65 Å². The van der Waals surface area contributed by atoms with Crippen LogP contribution in [-0.2, 0) is 9.59 Å². The number of hydroxylamine groups is 2. The molecule has 0 saturated heterocycles. The molecule has 0 spiro atoms. The van der Waals surface area contributed by atoms with Crippen molar-refractivity contribution in [3.63, 3.8) is 0 Å². The van der Waals surface area contributed by atoms with Crippen molar-refractivity contribution in [2.24, 2.45) is 0 Å². The molecule has 0 amide bonds. The average Bonchev–Trinajstić information content (AvgIpc) is 2.69. The minimum Gasteiger partial charge on any atom is -0.626 e. The number of aliphatic carboxylic acids is 2. The largest absolute Gasteiger partial charge is 0.626 e. The summed E-state index contributed by atoms with van der Waals surface area (Å²) in [5, 5.41) is 30.2. The number of nitrogens with zero attached hydrogens (tertiary/aromatic N) is 2. The summed E-state index contributed by atoms with van der Waals surface area (Å²) < 4.78 is -0.748. The van der Waals surface area contributed by atoms with E-state index in [2.05, 4.69) is 0 Å². The Labute approximate surface area is 115 Å². The van der Waals surface area contributed by atoms with Crippen LogP contribution in [0.1, 0.15) is 12.8 Å². The molecule has 1 aliphatic rings. The van der Waals surface area contributed by atoms with Crippen LogP contribution in [-0.4, -0.2) is 41.9 Å². The number of quaternary nitrogens is 1. The van der Waals surface area contributed by atoms with Crippen LogP contribution < -0.4 is 9.55 Å². The zero-order chi connectivity index (χ0) is 14.8. The molecule has 7 nitrogen and oxygen atoms in total. The molecule has 7 heteroatoms. The maximum Gasteiger partial charge on any atom is 0.309 e. The van der Waals surface area contributed by atoms with Crippen LogP contribution in [0.3, 0.4) is 0 Å². The number of carboxylic acids is 2. The van der Waals surface area contributed by atoms with E-state index >= 15 is 0 Å². The number of benzene rings is 1. The van der Waals surface area contributed by atoms with Crippen molar-refractivity contribution in [3.8, 4) is 0 Å². The maximum absolute atomic E-state index is 12.8. The van der Waals surface area contributed by atoms with Crippen LogP contribution in [0.15, 0.2) is 24.3 Å². The third-order valence-electron chi connectivity index (χ3n) is 3.34. The highest BCUT2D eigenvalue weighted by Gasteiger charge is 2.36. The van der Waals surface area contributed by atoms with Gasteiger partial charge >= 0.3 is 11.9 Å². The van der Waals surface area contributed by atoms with Crippen LogP contribution in [0, 0.1) is 5.21 Å². The first-order chi connectivity index (χ1) is 9.42. The standard InChI is InChI=1S/C13H16N2O5/c16-12(17)5-7-14-9-15(20,8-6-13(18)19)11-4-2-1-3-10(11)14/h1-4H,5-9H2,(H,16,17)(H,18,19). The number of para-hydroxylation sites is 2. The Kier molecular flexibility index (Phi) is 3.91. The second kappa shape index (κ2) is 5.48. The van der Waals surface area contributed by atoms with Crippen LogP contribution >= 0.6 is 0 Å². The van der Waals surface area contributed by atoms with E-state index in [9.17, 15) is 14.8 Å². The molecule has 0 aliphatic carbocycles. The van der Waals surface area contributed by atoms with Crippen LogP contribution in [0.5, 0.6) is 0 Å². The van der Waals surface area contributed by atoms with E-state index in [1.807, 2.05) is 0 Å². The Morgan fingerprint density at radius 1 is 1.20 bits per heavy atom. The summed E-state index contributed by atoms with van der Waals surface area (Å²) >= 11 is 0. The fourth-order valence-electron chi connectivity index (χ4n) is 2.39. The molecule has 1 aliphatic heterocycles. The molecule has 0 saturated carbocycles. The predicted octanol–water partition coefficient (Wildman–Crippen LogP) is 1.22. The molecule has 20 heavy (non-hydrogen) atoms. The van der Waals surface area contributed by atoms with Crippen molar-refractivity contribution in [1.29, 1.82) is 0 Å². The summed E-state index contributed by atoms with van der Waals surface area (Å²) in [4.78, 5) is 23.0. The van der Waals surface area contributed by atoms with Gasteiger partial charge < -0.3 is 25.0 Å². The molecule has 1 aromatic rings. The topological polar surface area (TPSA) is 101 Å². The zero-order valence-corrected chi connectivity index (χ0v) is 10.9. The van der Waals surface area contributed by atoms with Gasteiger partial charge in [-0.15, -0.1) is 0 Å². The number of anilines is 1. The Morgan fingerprint density at radius 2 is 1.85 bits per heavy atom. The van der Waals surface area contributed by atoms with Gasteiger partial charge in [0, 0.05) is 12.6 Å². The molecule has 2 N–H and O–H groups in total. The molecule has 1 atom stereocenters. The Bertz CT molecular complexity index is 533. The number of rotatable bonds is 6. The molecule has 0 fully saturated rings. The van der Waals surface area contributed by atoms with Gasteiger partial charge in [0.15, 0.2) is 12.4 Å². The SMILES string of the molecule is O=C(O)CCN1C[N+]([O-])(CCC(=O)O)c2ccccc21. The number of carboxylic acid groups (broad SMARTS) is 2. The maximum atomic E-state index is 12.8. The van der Waals surface area contributed by atoms with Crippen LogP contribution in [0.25, 0.3) is 0 Å². The predicted molar refractivity (Wildman–Crippen MR) is 73.2 cm³/mol. The first kappa shape index (κ1) is 14.3. The van der Waals surface area contributed by atoms with Gasteiger partial charge in [-0.3, -0.25) is 9.59 Å². The smallest absolute Gasteiger partial charge is 0.309 e. The van der Waals surface area contributed by atoms with E-state index < -0.39 is 16.6 Å². The van der Waals surface area contributed by atoms with Crippen molar-refractivity contribution in [2.45, 2.75) is 12.8 Å². The van der Waals surface area contributed by atoms with Gasteiger partial charge in [0.2, 0.25) is 0 Å². The van der Waals surface area contributed by atoms with Gasteiger partial charge in [0.1, 0.15) is 5.69 Å². The summed E-state index contributed by atoms with van der Waals surface area (Å²) in [5.74, 6) is -1.94. The second-order valence-electron chi connectivity index (χ2n) is 4.79. The summed E-state index contributed by atoms with van der Waals surface area (Å²) in [6.45, 7) is 0.234. The number of hydrogen-bond acceptors (Lipinski definition) is 4. The minimum atomic E-state index is -1.01. The molecule has 0 aromatic heterocycles. The van der Waals surface area contributed by atoms with Gasteiger partial charge in [-0.25, -0.2) is 0 Å². The lowest BCUT2D eigenvalue weighted by Gasteiger charge is -2.38. The van der Waals surface area contributed by atoms with E-state index in [1.54, 1.807) is 29.2 Å².